The second-order valence-electron chi connectivity index (χ2n) is 3.71. The minimum Gasteiger partial charge on any atom is -0.408 e. The molecule has 0 saturated carbocycles. The Bertz CT molecular complexity index is 689. The van der Waals surface area contributed by atoms with Crippen LogP contribution in [0.15, 0.2) is 65.6 Å². The molecule has 0 N–H and O–H groups in total. The molecule has 0 aromatic heterocycles. The molecule has 0 heterocycles. The van der Waals surface area contributed by atoms with Gasteiger partial charge in [-0.15, -0.1) is 0 Å². The molecule has 0 aliphatic carbocycles. The van der Waals surface area contributed by atoms with Gasteiger partial charge in [-0.1, -0.05) is 40.9 Å². The van der Waals surface area contributed by atoms with Gasteiger partial charge in [0.05, 0.1) is 4.90 Å². The Morgan fingerprint density at radius 2 is 1.45 bits per heavy atom. The van der Waals surface area contributed by atoms with Gasteiger partial charge in [-0.25, -0.2) is 4.79 Å². The minimum absolute atomic E-state index is 0.0448. The zero-order valence-corrected chi connectivity index (χ0v) is 11.0. The van der Waals surface area contributed by atoms with Crippen molar-refractivity contribution in [1.29, 1.82) is 0 Å². The summed E-state index contributed by atoms with van der Waals surface area (Å²) < 4.78 is 41.0. The average molecular weight is 295 g/mol. The van der Waals surface area contributed by atoms with Gasteiger partial charge in [-0.3, -0.25) is 0 Å². The first-order valence-corrected chi connectivity index (χ1v) is 6.99. The third kappa shape index (κ3) is 2.94. The fourth-order valence-electron chi connectivity index (χ4n) is 1.41. The number of halogens is 1. The van der Waals surface area contributed by atoms with Crippen LogP contribution >= 0.6 is 0 Å². The quantitative estimate of drug-likeness (QED) is 0.817. The van der Waals surface area contributed by atoms with Crippen LogP contribution in [0.5, 0.6) is 5.75 Å². The molecule has 0 atom stereocenters. The van der Waals surface area contributed by atoms with Crippen molar-refractivity contribution >= 4 is 16.1 Å². The first kappa shape index (κ1) is 14.0. The van der Waals surface area contributed by atoms with Crippen LogP contribution in [0.3, 0.4) is 0 Å². The molecule has 104 valence electrons. The second kappa shape index (κ2) is 5.70. The van der Waals surface area contributed by atoms with Crippen molar-refractivity contribution in [3.05, 3.63) is 60.7 Å². The summed E-state index contributed by atoms with van der Waals surface area (Å²) in [4.78, 5) is 11.1. The predicted octanol–water partition coefficient (Wildman–Crippen LogP) is 2.76. The standard InChI is InChI=1S/C13H10FNO4S/c14-15(13(16)19-11-7-3-1-4-8-11)20(17,18)12-9-5-2-6-10-12/h1-10H. The summed E-state index contributed by atoms with van der Waals surface area (Å²) in [5.41, 5.74) is 0. The first-order valence-electron chi connectivity index (χ1n) is 5.55. The molecule has 2 aromatic rings. The number of nitrogens with zero attached hydrogens (tertiary/aromatic N) is 1. The zero-order chi connectivity index (χ0) is 14.6. The fourth-order valence-corrected chi connectivity index (χ4v) is 2.33. The second-order valence-corrected chi connectivity index (χ2v) is 5.46. The van der Waals surface area contributed by atoms with E-state index in [-0.39, 0.29) is 10.6 Å². The molecule has 2 aromatic carbocycles. The Kier molecular flexibility index (Phi) is 3.99. The van der Waals surface area contributed by atoms with Gasteiger partial charge >= 0.3 is 6.09 Å². The van der Waals surface area contributed by atoms with E-state index in [0.717, 1.165) is 0 Å². The highest BCUT2D eigenvalue weighted by Gasteiger charge is 2.31. The van der Waals surface area contributed by atoms with E-state index in [1.165, 1.54) is 36.4 Å². The van der Waals surface area contributed by atoms with Crippen LogP contribution in [-0.2, 0) is 10.0 Å². The maximum Gasteiger partial charge on any atom is 0.458 e. The highest BCUT2D eigenvalue weighted by molar-refractivity contribution is 7.89. The van der Waals surface area contributed by atoms with Crippen LogP contribution in [0.2, 0.25) is 0 Å². The summed E-state index contributed by atoms with van der Waals surface area (Å²) >= 11 is 0. The molecule has 20 heavy (non-hydrogen) atoms. The van der Waals surface area contributed by atoms with E-state index in [0.29, 0.717) is 0 Å². The molecular formula is C13H10FNO4S. The molecule has 0 saturated heterocycles. The number of carbonyl (C=O) groups is 1. The van der Waals surface area contributed by atoms with Gasteiger partial charge in [0.2, 0.25) is 0 Å². The van der Waals surface area contributed by atoms with Gasteiger partial charge in [-0.2, -0.15) is 8.42 Å². The number of carbonyl (C=O) groups excluding carboxylic acids is 1. The summed E-state index contributed by atoms with van der Waals surface area (Å²) in [6.07, 6.45) is -1.62. The van der Waals surface area contributed by atoms with Crippen LogP contribution in [0.25, 0.3) is 0 Å². The van der Waals surface area contributed by atoms with Crippen LogP contribution in [-0.4, -0.2) is 19.0 Å². The van der Waals surface area contributed by atoms with Crippen molar-refractivity contribution < 1.29 is 22.4 Å². The molecule has 0 spiro atoms. The number of ether oxygens (including phenoxy) is 1. The maximum atomic E-state index is 13.7. The Hall–Kier alpha value is -2.41. The van der Waals surface area contributed by atoms with E-state index in [1.54, 1.807) is 24.3 Å². The van der Waals surface area contributed by atoms with Crippen LogP contribution < -0.4 is 4.74 Å². The molecule has 2 rings (SSSR count). The van der Waals surface area contributed by atoms with Crippen LogP contribution in [0.1, 0.15) is 0 Å². The third-order valence-corrected chi connectivity index (χ3v) is 3.78. The topological polar surface area (TPSA) is 63.7 Å². The Labute approximate surface area is 115 Å². The van der Waals surface area contributed by atoms with E-state index in [4.69, 9.17) is 0 Å². The van der Waals surface area contributed by atoms with Crippen molar-refractivity contribution in [2.75, 3.05) is 0 Å². The lowest BCUT2D eigenvalue weighted by atomic mass is 10.3. The number of amides is 1. The van der Waals surface area contributed by atoms with Crippen molar-refractivity contribution in [3.8, 4) is 5.75 Å². The fraction of sp³-hybridized carbons (Fsp3) is 0. The zero-order valence-electron chi connectivity index (χ0n) is 10.1. The number of para-hydroxylation sites is 1. The smallest absolute Gasteiger partial charge is 0.408 e. The predicted molar refractivity (Wildman–Crippen MR) is 69.0 cm³/mol. The maximum absolute atomic E-state index is 13.7. The van der Waals surface area contributed by atoms with Crippen LogP contribution in [0.4, 0.5) is 9.28 Å². The highest BCUT2D eigenvalue weighted by Crippen LogP contribution is 2.18. The van der Waals surface area contributed by atoms with Gasteiger partial charge in [0.25, 0.3) is 10.0 Å². The molecule has 0 fully saturated rings. The Balaban J connectivity index is 2.19. The van der Waals surface area contributed by atoms with Gasteiger partial charge in [0.1, 0.15) is 5.75 Å². The average Bonchev–Trinajstić information content (AvgIpc) is 2.48. The Morgan fingerprint density at radius 3 is 2.00 bits per heavy atom. The van der Waals surface area contributed by atoms with E-state index in [2.05, 4.69) is 4.74 Å². The van der Waals surface area contributed by atoms with E-state index >= 15 is 0 Å². The molecule has 5 nitrogen and oxygen atoms in total. The molecule has 1 amide bonds. The Morgan fingerprint density at radius 1 is 0.950 bits per heavy atom. The van der Waals surface area contributed by atoms with Crippen LogP contribution in [0, 0.1) is 0 Å². The van der Waals surface area contributed by atoms with Gasteiger partial charge < -0.3 is 4.74 Å². The van der Waals surface area contributed by atoms with Gasteiger partial charge in [0.15, 0.2) is 0 Å². The lowest BCUT2D eigenvalue weighted by Crippen LogP contribution is -2.32. The number of sulfonamides is 1. The first-order chi connectivity index (χ1) is 9.51. The number of hydrogen-bond acceptors (Lipinski definition) is 4. The van der Waals surface area contributed by atoms with Crippen molar-refractivity contribution in [2.45, 2.75) is 4.90 Å². The van der Waals surface area contributed by atoms with Gasteiger partial charge in [-0.05, 0) is 28.8 Å². The molecule has 0 unspecified atom stereocenters. The molecular weight excluding hydrogens is 285 g/mol. The number of hydrogen-bond donors (Lipinski definition) is 0. The normalized spacial score (nSPS) is 10.8. The SMILES string of the molecule is O=C(Oc1ccccc1)N(F)S(=O)(=O)c1ccccc1. The summed E-state index contributed by atoms with van der Waals surface area (Å²) in [5, 5.41) is 0. The van der Waals surface area contributed by atoms with Crippen molar-refractivity contribution in [3.63, 3.8) is 0 Å². The van der Waals surface area contributed by atoms with E-state index in [1.807, 2.05) is 0 Å². The minimum atomic E-state index is -4.57. The largest absolute Gasteiger partial charge is 0.458 e. The number of rotatable bonds is 3. The van der Waals surface area contributed by atoms with Gasteiger partial charge in [0, 0.05) is 0 Å². The monoisotopic (exact) mass is 295 g/mol. The summed E-state index contributed by atoms with van der Waals surface area (Å²) in [7, 11) is -4.57. The van der Waals surface area contributed by atoms with E-state index in [9.17, 15) is 17.7 Å². The lowest BCUT2D eigenvalue weighted by Gasteiger charge is -2.12. The number of benzene rings is 2. The molecule has 0 radical (unpaired) electrons. The van der Waals surface area contributed by atoms with Crippen molar-refractivity contribution in [1.82, 2.24) is 4.53 Å². The molecule has 0 bridgehead atoms. The molecule has 7 heteroatoms. The summed E-state index contributed by atoms with van der Waals surface area (Å²) in [6, 6.07) is 14.4. The summed E-state index contributed by atoms with van der Waals surface area (Å²) in [5.74, 6) is 0.0448. The molecule has 0 aliphatic rings. The van der Waals surface area contributed by atoms with E-state index < -0.39 is 20.6 Å². The lowest BCUT2D eigenvalue weighted by molar-refractivity contribution is 0.108. The highest BCUT2D eigenvalue weighted by atomic mass is 32.2. The summed E-state index contributed by atoms with van der Waals surface area (Å²) in [6.45, 7) is 0. The molecule has 0 aliphatic heterocycles. The third-order valence-electron chi connectivity index (χ3n) is 2.34. The van der Waals surface area contributed by atoms with Crippen molar-refractivity contribution in [2.24, 2.45) is 0 Å².